The van der Waals surface area contributed by atoms with Crippen molar-refractivity contribution in [3.05, 3.63) is 65.5 Å². The SMILES string of the molecule is C1=C2N=C(c3ccco3)N=C2Cc2nc3ccccc3nc21. The molecule has 2 aromatic heterocycles. The van der Waals surface area contributed by atoms with Crippen molar-refractivity contribution in [1.29, 1.82) is 0 Å². The Morgan fingerprint density at radius 3 is 2.59 bits per heavy atom. The predicted octanol–water partition coefficient (Wildman–Crippen LogP) is 3.02. The van der Waals surface area contributed by atoms with Gasteiger partial charge in [0.05, 0.1) is 40.1 Å². The molecule has 104 valence electrons. The maximum absolute atomic E-state index is 5.37. The Morgan fingerprint density at radius 2 is 1.77 bits per heavy atom. The molecule has 2 aliphatic rings. The van der Waals surface area contributed by atoms with Gasteiger partial charge in [-0.15, -0.1) is 0 Å². The number of benzene rings is 1. The number of allylic oxidation sites excluding steroid dienone is 1. The highest BCUT2D eigenvalue weighted by Crippen LogP contribution is 2.27. The van der Waals surface area contributed by atoms with Crippen LogP contribution >= 0.6 is 0 Å². The first-order chi connectivity index (χ1) is 10.9. The van der Waals surface area contributed by atoms with Crippen LogP contribution in [0.1, 0.15) is 17.1 Å². The van der Waals surface area contributed by atoms with Crippen molar-refractivity contribution in [1.82, 2.24) is 9.97 Å². The summed E-state index contributed by atoms with van der Waals surface area (Å²) in [6.07, 6.45) is 4.22. The molecule has 5 heteroatoms. The molecule has 0 unspecified atom stereocenters. The van der Waals surface area contributed by atoms with E-state index in [1.165, 1.54) is 0 Å². The van der Waals surface area contributed by atoms with Crippen molar-refractivity contribution < 1.29 is 4.42 Å². The van der Waals surface area contributed by atoms with Crippen LogP contribution in [-0.4, -0.2) is 21.5 Å². The number of nitrogens with zero attached hydrogens (tertiary/aromatic N) is 4. The summed E-state index contributed by atoms with van der Waals surface area (Å²) >= 11 is 0. The fourth-order valence-corrected chi connectivity index (χ4v) is 2.73. The largest absolute Gasteiger partial charge is 0.461 e. The smallest absolute Gasteiger partial charge is 0.196 e. The molecule has 1 aromatic carbocycles. The molecule has 0 atom stereocenters. The van der Waals surface area contributed by atoms with E-state index in [-0.39, 0.29) is 0 Å². The summed E-state index contributed by atoms with van der Waals surface area (Å²) in [4.78, 5) is 18.5. The maximum atomic E-state index is 5.37. The number of aromatic nitrogens is 2. The molecule has 3 heterocycles. The third-order valence-electron chi connectivity index (χ3n) is 3.79. The van der Waals surface area contributed by atoms with Crippen molar-refractivity contribution in [2.45, 2.75) is 6.42 Å². The van der Waals surface area contributed by atoms with Crippen LogP contribution in [0.5, 0.6) is 0 Å². The molecule has 1 aliphatic heterocycles. The van der Waals surface area contributed by atoms with Crippen LogP contribution in [0.4, 0.5) is 0 Å². The maximum Gasteiger partial charge on any atom is 0.196 e. The predicted molar refractivity (Wildman–Crippen MR) is 83.9 cm³/mol. The number of para-hydroxylation sites is 2. The standard InChI is InChI=1S/C17H10N4O/c1-2-5-11-10(4-1)18-12-8-14-15(9-13(12)19-11)21-17(20-14)16-6-3-7-22-16/h1-8H,9H2. The van der Waals surface area contributed by atoms with Crippen LogP contribution in [0.3, 0.4) is 0 Å². The van der Waals surface area contributed by atoms with Crippen LogP contribution in [0, 0.1) is 0 Å². The zero-order valence-corrected chi connectivity index (χ0v) is 11.5. The normalized spacial score (nSPS) is 15.9. The first-order valence-corrected chi connectivity index (χ1v) is 7.05. The topological polar surface area (TPSA) is 63.6 Å². The van der Waals surface area contributed by atoms with E-state index in [9.17, 15) is 0 Å². The molecule has 0 spiro atoms. The summed E-state index contributed by atoms with van der Waals surface area (Å²) in [5.74, 6) is 1.29. The van der Waals surface area contributed by atoms with Gasteiger partial charge in [0.1, 0.15) is 0 Å². The van der Waals surface area contributed by atoms with Crippen molar-refractivity contribution >= 4 is 28.7 Å². The minimum Gasteiger partial charge on any atom is -0.461 e. The number of amidine groups is 1. The van der Waals surface area contributed by atoms with E-state index in [0.717, 1.165) is 33.8 Å². The van der Waals surface area contributed by atoms with E-state index in [4.69, 9.17) is 9.40 Å². The lowest BCUT2D eigenvalue weighted by molar-refractivity contribution is 0.557. The van der Waals surface area contributed by atoms with Gasteiger partial charge in [0.15, 0.2) is 11.6 Å². The summed E-state index contributed by atoms with van der Waals surface area (Å²) in [5, 5.41) is 0. The lowest BCUT2D eigenvalue weighted by Gasteiger charge is -2.12. The third-order valence-corrected chi connectivity index (χ3v) is 3.79. The molecule has 0 amide bonds. The molecule has 5 nitrogen and oxygen atoms in total. The summed E-state index contributed by atoms with van der Waals surface area (Å²) in [6, 6.07) is 11.6. The van der Waals surface area contributed by atoms with Gasteiger partial charge in [-0.3, -0.25) is 0 Å². The zero-order valence-electron chi connectivity index (χ0n) is 11.5. The third kappa shape index (κ3) is 1.65. The minimum absolute atomic E-state index is 0.614. The molecule has 5 rings (SSSR count). The molecule has 3 aromatic rings. The highest BCUT2D eigenvalue weighted by molar-refractivity contribution is 6.20. The van der Waals surface area contributed by atoms with Crippen molar-refractivity contribution in [3.8, 4) is 0 Å². The van der Waals surface area contributed by atoms with Gasteiger partial charge < -0.3 is 4.42 Å². The first-order valence-electron chi connectivity index (χ1n) is 7.05. The summed E-state index contributed by atoms with van der Waals surface area (Å²) in [5.41, 5.74) is 5.39. The second kappa shape index (κ2) is 4.21. The number of hydrogen-bond acceptors (Lipinski definition) is 5. The minimum atomic E-state index is 0.614. The summed E-state index contributed by atoms with van der Waals surface area (Å²) in [6.45, 7) is 0. The molecule has 1 aliphatic carbocycles. The monoisotopic (exact) mass is 286 g/mol. The van der Waals surface area contributed by atoms with Gasteiger partial charge in [0.2, 0.25) is 0 Å². The van der Waals surface area contributed by atoms with Crippen molar-refractivity contribution in [2.75, 3.05) is 0 Å². The molecular formula is C17H10N4O. The Bertz CT molecular complexity index is 997. The number of aliphatic imine (C=N–C) groups is 2. The lowest BCUT2D eigenvalue weighted by Crippen LogP contribution is -2.12. The Morgan fingerprint density at radius 1 is 0.909 bits per heavy atom. The molecule has 0 radical (unpaired) electrons. The molecule has 0 N–H and O–H groups in total. The molecule has 0 bridgehead atoms. The van der Waals surface area contributed by atoms with Gasteiger partial charge >= 0.3 is 0 Å². The fraction of sp³-hybridized carbons (Fsp3) is 0.0588. The number of furan rings is 1. The van der Waals surface area contributed by atoms with Gasteiger partial charge in [-0.25, -0.2) is 20.0 Å². The summed E-state index contributed by atoms with van der Waals surface area (Å²) < 4.78 is 5.37. The van der Waals surface area contributed by atoms with Gasteiger partial charge in [0.25, 0.3) is 0 Å². The van der Waals surface area contributed by atoms with E-state index in [0.29, 0.717) is 18.0 Å². The van der Waals surface area contributed by atoms with Gasteiger partial charge in [0, 0.05) is 6.42 Å². The number of rotatable bonds is 1. The Kier molecular flexibility index (Phi) is 2.21. The first kappa shape index (κ1) is 11.6. The van der Waals surface area contributed by atoms with Crippen LogP contribution < -0.4 is 0 Å². The molecule has 0 saturated heterocycles. The molecule has 0 saturated carbocycles. The average molecular weight is 286 g/mol. The van der Waals surface area contributed by atoms with E-state index < -0.39 is 0 Å². The van der Waals surface area contributed by atoms with Gasteiger partial charge in [-0.2, -0.15) is 0 Å². The van der Waals surface area contributed by atoms with Crippen LogP contribution in [0.25, 0.3) is 17.1 Å². The fourth-order valence-electron chi connectivity index (χ4n) is 2.73. The highest BCUT2D eigenvalue weighted by atomic mass is 16.3. The van der Waals surface area contributed by atoms with E-state index in [1.54, 1.807) is 6.26 Å². The van der Waals surface area contributed by atoms with Crippen molar-refractivity contribution in [3.63, 3.8) is 0 Å². The number of hydrogen-bond donors (Lipinski definition) is 0. The Balaban J connectivity index is 1.65. The van der Waals surface area contributed by atoms with Gasteiger partial charge in [-0.1, -0.05) is 12.1 Å². The number of fused-ring (bicyclic) bond motifs is 3. The summed E-state index contributed by atoms with van der Waals surface area (Å²) in [7, 11) is 0. The highest BCUT2D eigenvalue weighted by Gasteiger charge is 2.25. The lowest BCUT2D eigenvalue weighted by atomic mass is 10.0. The second-order valence-electron chi connectivity index (χ2n) is 5.22. The molecule has 0 fully saturated rings. The zero-order chi connectivity index (χ0) is 14.5. The van der Waals surface area contributed by atoms with Crippen LogP contribution in [-0.2, 0) is 6.42 Å². The average Bonchev–Trinajstić information content (AvgIpc) is 3.19. The van der Waals surface area contributed by atoms with E-state index in [2.05, 4.69) is 15.0 Å². The quantitative estimate of drug-likeness (QED) is 0.690. The van der Waals surface area contributed by atoms with Crippen molar-refractivity contribution in [2.24, 2.45) is 9.98 Å². The van der Waals surface area contributed by atoms with Crippen LogP contribution in [0.15, 0.2) is 62.8 Å². The molecule has 22 heavy (non-hydrogen) atoms. The van der Waals surface area contributed by atoms with Crippen LogP contribution in [0.2, 0.25) is 0 Å². The van der Waals surface area contributed by atoms with E-state index in [1.807, 2.05) is 42.5 Å². The van der Waals surface area contributed by atoms with Gasteiger partial charge in [-0.05, 0) is 30.3 Å². The van der Waals surface area contributed by atoms with E-state index >= 15 is 0 Å². The second-order valence-corrected chi connectivity index (χ2v) is 5.22. The Hall–Kier alpha value is -3.08. The molecular weight excluding hydrogens is 276 g/mol. The Labute approximate surface area is 125 Å².